The summed E-state index contributed by atoms with van der Waals surface area (Å²) in [6.07, 6.45) is 5.03. The summed E-state index contributed by atoms with van der Waals surface area (Å²) in [7, 11) is 0. The smallest absolute Gasteiger partial charge is 0.0902 e. The summed E-state index contributed by atoms with van der Waals surface area (Å²) in [4.78, 5) is 8.36. The molecule has 2 heterocycles. The molecule has 0 radical (unpaired) electrons. The third-order valence-corrected chi connectivity index (χ3v) is 4.94. The van der Waals surface area contributed by atoms with Crippen LogP contribution in [-0.4, -0.2) is 78.1 Å². The van der Waals surface area contributed by atoms with Gasteiger partial charge >= 0.3 is 0 Å². The number of likely N-dealkylation sites (tertiary alicyclic amines) is 1. The molecule has 4 nitrogen and oxygen atoms in total. The zero-order chi connectivity index (χ0) is 14.4. The molecule has 0 aromatic carbocycles. The third-order valence-electron chi connectivity index (χ3n) is 4.67. The van der Waals surface area contributed by atoms with Gasteiger partial charge in [-0.15, -0.1) is 0 Å². The van der Waals surface area contributed by atoms with E-state index < -0.39 is 0 Å². The van der Waals surface area contributed by atoms with E-state index >= 15 is 0 Å². The van der Waals surface area contributed by atoms with E-state index in [1.54, 1.807) is 0 Å². The summed E-state index contributed by atoms with van der Waals surface area (Å²) >= 11 is 5.23. The van der Waals surface area contributed by atoms with Gasteiger partial charge in [-0.25, -0.2) is 0 Å². The van der Waals surface area contributed by atoms with Gasteiger partial charge in [0.05, 0.1) is 11.0 Å². The lowest BCUT2D eigenvalue weighted by Gasteiger charge is -2.39. The summed E-state index contributed by atoms with van der Waals surface area (Å²) in [5.74, 6) is 0. The first kappa shape index (κ1) is 16.1. The van der Waals surface area contributed by atoms with E-state index in [9.17, 15) is 0 Å². The second-order valence-electron chi connectivity index (χ2n) is 6.13. The Morgan fingerprint density at radius 3 is 2.05 bits per heavy atom. The molecule has 0 bridgehead atoms. The predicted octanol–water partition coefficient (Wildman–Crippen LogP) is 1.15. The highest BCUT2D eigenvalue weighted by molar-refractivity contribution is 7.80. The van der Waals surface area contributed by atoms with E-state index in [0.29, 0.717) is 11.0 Å². The topological polar surface area (TPSA) is 35.7 Å². The number of rotatable bonds is 7. The molecule has 2 aliphatic rings. The molecule has 0 saturated carbocycles. The van der Waals surface area contributed by atoms with Crippen LogP contribution in [0.3, 0.4) is 0 Å². The van der Waals surface area contributed by atoms with Crippen LogP contribution in [0.2, 0.25) is 0 Å². The van der Waals surface area contributed by atoms with Gasteiger partial charge in [0, 0.05) is 39.3 Å². The molecule has 116 valence electrons. The maximum Gasteiger partial charge on any atom is 0.0902 e. The summed E-state index contributed by atoms with van der Waals surface area (Å²) in [5, 5.41) is 0. The van der Waals surface area contributed by atoms with Gasteiger partial charge in [0.15, 0.2) is 0 Å². The monoisotopic (exact) mass is 298 g/mol. The van der Waals surface area contributed by atoms with Crippen molar-refractivity contribution in [2.24, 2.45) is 5.73 Å². The lowest BCUT2D eigenvalue weighted by molar-refractivity contribution is 0.107. The number of nitrogens with two attached hydrogens (primary N) is 1. The number of hydrogen-bond acceptors (Lipinski definition) is 4. The van der Waals surface area contributed by atoms with Crippen molar-refractivity contribution >= 4 is 17.2 Å². The standard InChI is InChI=1S/C15H30N4S/c1-2-5-14(15(16)20)19-12-10-18(11-13-19)9-8-17-6-3-4-7-17/h14H,2-13H2,1H3,(H2,16,20). The van der Waals surface area contributed by atoms with Gasteiger partial charge in [-0.1, -0.05) is 25.6 Å². The molecule has 0 aromatic heterocycles. The van der Waals surface area contributed by atoms with Gasteiger partial charge in [0.1, 0.15) is 0 Å². The fourth-order valence-corrected chi connectivity index (χ4v) is 3.63. The van der Waals surface area contributed by atoms with Crippen LogP contribution in [0.1, 0.15) is 32.6 Å². The summed E-state index contributed by atoms with van der Waals surface area (Å²) in [5.41, 5.74) is 5.90. The molecule has 0 spiro atoms. The van der Waals surface area contributed by atoms with Gasteiger partial charge in [0.2, 0.25) is 0 Å². The van der Waals surface area contributed by atoms with Crippen molar-refractivity contribution in [1.82, 2.24) is 14.7 Å². The van der Waals surface area contributed by atoms with E-state index in [-0.39, 0.29) is 0 Å². The molecule has 20 heavy (non-hydrogen) atoms. The lowest BCUT2D eigenvalue weighted by Crippen LogP contribution is -2.54. The van der Waals surface area contributed by atoms with Gasteiger partial charge in [0.25, 0.3) is 0 Å². The van der Waals surface area contributed by atoms with Crippen LogP contribution >= 0.6 is 12.2 Å². The average molecular weight is 299 g/mol. The van der Waals surface area contributed by atoms with Crippen molar-refractivity contribution < 1.29 is 0 Å². The first-order chi connectivity index (χ1) is 9.70. The van der Waals surface area contributed by atoms with Crippen LogP contribution in [0.4, 0.5) is 0 Å². The molecule has 1 atom stereocenters. The summed E-state index contributed by atoms with van der Waals surface area (Å²) in [6, 6.07) is 0.315. The molecule has 0 aliphatic carbocycles. The Hall–Kier alpha value is -0.230. The van der Waals surface area contributed by atoms with Gasteiger partial charge < -0.3 is 10.6 Å². The lowest BCUT2D eigenvalue weighted by atomic mass is 10.1. The fourth-order valence-electron chi connectivity index (χ4n) is 3.37. The van der Waals surface area contributed by atoms with Crippen molar-refractivity contribution in [2.75, 3.05) is 52.4 Å². The van der Waals surface area contributed by atoms with Crippen LogP contribution in [0.5, 0.6) is 0 Å². The van der Waals surface area contributed by atoms with Crippen molar-refractivity contribution in [3.05, 3.63) is 0 Å². The highest BCUT2D eigenvalue weighted by Gasteiger charge is 2.25. The molecular formula is C15H30N4S. The summed E-state index contributed by atoms with van der Waals surface area (Å²) < 4.78 is 0. The van der Waals surface area contributed by atoms with E-state index in [0.717, 1.165) is 39.0 Å². The average Bonchev–Trinajstić information content (AvgIpc) is 2.96. The Morgan fingerprint density at radius 1 is 1.00 bits per heavy atom. The zero-order valence-corrected chi connectivity index (χ0v) is 13.7. The van der Waals surface area contributed by atoms with E-state index in [2.05, 4.69) is 21.6 Å². The van der Waals surface area contributed by atoms with Gasteiger partial charge in [-0.2, -0.15) is 0 Å². The summed E-state index contributed by atoms with van der Waals surface area (Å²) in [6.45, 7) is 11.8. The zero-order valence-electron chi connectivity index (χ0n) is 12.9. The Kier molecular flexibility index (Phi) is 6.68. The molecular weight excluding hydrogens is 268 g/mol. The maximum atomic E-state index is 5.90. The molecule has 2 N–H and O–H groups in total. The molecule has 2 rings (SSSR count). The normalized spacial score (nSPS) is 24.1. The van der Waals surface area contributed by atoms with Crippen molar-refractivity contribution in [3.8, 4) is 0 Å². The SMILES string of the molecule is CCCC(C(N)=S)N1CCN(CCN2CCCC2)CC1. The van der Waals surface area contributed by atoms with Crippen molar-refractivity contribution in [3.63, 3.8) is 0 Å². The van der Waals surface area contributed by atoms with E-state index in [1.807, 2.05) is 0 Å². The fraction of sp³-hybridized carbons (Fsp3) is 0.933. The van der Waals surface area contributed by atoms with Crippen LogP contribution in [0.25, 0.3) is 0 Å². The number of thiocarbonyl (C=S) groups is 1. The molecule has 2 aliphatic heterocycles. The first-order valence-corrected chi connectivity index (χ1v) is 8.59. The second-order valence-corrected chi connectivity index (χ2v) is 6.60. The minimum atomic E-state index is 0.315. The van der Waals surface area contributed by atoms with Crippen molar-refractivity contribution in [1.29, 1.82) is 0 Å². The molecule has 2 saturated heterocycles. The minimum absolute atomic E-state index is 0.315. The largest absolute Gasteiger partial charge is 0.392 e. The maximum absolute atomic E-state index is 5.90. The van der Waals surface area contributed by atoms with Crippen LogP contribution in [0.15, 0.2) is 0 Å². The number of nitrogens with zero attached hydrogens (tertiary/aromatic N) is 3. The first-order valence-electron chi connectivity index (χ1n) is 8.18. The number of hydrogen-bond donors (Lipinski definition) is 1. The highest BCUT2D eigenvalue weighted by atomic mass is 32.1. The molecule has 0 amide bonds. The van der Waals surface area contributed by atoms with Crippen LogP contribution in [0, 0.1) is 0 Å². The Labute approximate surface area is 129 Å². The van der Waals surface area contributed by atoms with Crippen molar-refractivity contribution in [2.45, 2.75) is 38.6 Å². The van der Waals surface area contributed by atoms with E-state index in [1.165, 1.54) is 39.0 Å². The van der Waals surface area contributed by atoms with Gasteiger partial charge in [-0.05, 0) is 32.4 Å². The molecule has 1 unspecified atom stereocenters. The molecule has 5 heteroatoms. The second kappa shape index (κ2) is 8.27. The van der Waals surface area contributed by atoms with Crippen LogP contribution < -0.4 is 5.73 Å². The Balaban J connectivity index is 1.69. The minimum Gasteiger partial charge on any atom is -0.392 e. The third kappa shape index (κ3) is 4.65. The van der Waals surface area contributed by atoms with Gasteiger partial charge in [-0.3, -0.25) is 9.80 Å². The quantitative estimate of drug-likeness (QED) is 0.714. The van der Waals surface area contributed by atoms with E-state index in [4.69, 9.17) is 18.0 Å². The predicted molar refractivity (Wildman–Crippen MR) is 89.2 cm³/mol. The Bertz CT molecular complexity index is 296. The molecule has 0 aromatic rings. The van der Waals surface area contributed by atoms with Crippen LogP contribution in [-0.2, 0) is 0 Å². The highest BCUT2D eigenvalue weighted by Crippen LogP contribution is 2.12. The Morgan fingerprint density at radius 2 is 1.55 bits per heavy atom. The number of piperazine rings is 1. The molecule has 2 fully saturated rings.